The molecule has 0 saturated carbocycles. The quantitative estimate of drug-likeness (QED) is 0.471. The second-order valence-corrected chi connectivity index (χ2v) is 2.48. The Balaban J connectivity index is 2.36. The van der Waals surface area contributed by atoms with Gasteiger partial charge < -0.3 is 4.74 Å². The Hall–Kier alpha value is -1.09. The maximum absolute atomic E-state index is 5.22. The van der Waals surface area contributed by atoms with Crippen LogP contribution in [-0.2, 0) is 11.3 Å². The van der Waals surface area contributed by atoms with E-state index in [1.54, 1.807) is 6.20 Å². The average Bonchev–Trinajstić information content (AvgIpc) is 2.53. The normalized spacial score (nSPS) is 10.1. The zero-order valence-electron chi connectivity index (χ0n) is 7.44. The molecule has 0 aliphatic carbocycles. The summed E-state index contributed by atoms with van der Waals surface area (Å²) in [5.74, 6) is 0. The van der Waals surface area contributed by atoms with E-state index in [9.17, 15) is 0 Å². The molecule has 12 heavy (non-hydrogen) atoms. The number of hydrogen-bond acceptors (Lipinski definition) is 1. The number of nitrogens with zero attached hydrogens (tertiary/aromatic N) is 2. The average molecular weight is 167 g/mol. The molecule has 0 N–H and O–H groups in total. The molecule has 3 heteroatoms. The molecule has 0 aliphatic rings. The summed E-state index contributed by atoms with van der Waals surface area (Å²) < 4.78 is 9.20. The topological polar surface area (TPSA) is 18.0 Å². The summed E-state index contributed by atoms with van der Waals surface area (Å²) >= 11 is 0. The minimum atomic E-state index is 0.766. The van der Waals surface area contributed by atoms with Gasteiger partial charge in [-0.1, -0.05) is 6.58 Å². The van der Waals surface area contributed by atoms with Crippen molar-refractivity contribution in [2.45, 2.75) is 13.5 Å². The van der Waals surface area contributed by atoms with E-state index in [0.29, 0.717) is 0 Å². The smallest absolute Gasteiger partial charge is 0.248 e. The Bertz CT molecular complexity index is 242. The van der Waals surface area contributed by atoms with Gasteiger partial charge in [0.05, 0.1) is 12.8 Å². The number of hydrogen-bond donors (Lipinski definition) is 0. The Kier molecular flexibility index (Phi) is 3.54. The molecule has 0 aliphatic heterocycles. The van der Waals surface area contributed by atoms with Crippen LogP contribution in [0.5, 0.6) is 0 Å². The van der Waals surface area contributed by atoms with Crippen molar-refractivity contribution in [1.29, 1.82) is 0 Å². The molecule has 66 valence electrons. The maximum atomic E-state index is 5.22. The molecule has 0 atom stereocenters. The summed E-state index contributed by atoms with van der Waals surface area (Å²) in [4.78, 5) is 0. The predicted octanol–water partition coefficient (Wildman–Crippen LogP) is 0.913. The highest BCUT2D eigenvalue weighted by atomic mass is 16.5. The van der Waals surface area contributed by atoms with E-state index in [0.717, 1.165) is 19.8 Å². The molecule has 1 aromatic heterocycles. The molecule has 0 bridgehead atoms. The van der Waals surface area contributed by atoms with Gasteiger partial charge in [0.15, 0.2) is 0 Å². The standard InChI is InChI=1S/C9H15N2O/c1-3-10-5-6-11(9-10)7-8-12-4-2/h3,5-6,9H,1,4,7-8H2,2H3/q+1. The van der Waals surface area contributed by atoms with Crippen molar-refractivity contribution in [2.24, 2.45) is 0 Å². The van der Waals surface area contributed by atoms with Gasteiger partial charge in [-0.15, -0.1) is 0 Å². The summed E-state index contributed by atoms with van der Waals surface area (Å²) in [7, 11) is 0. The molecule has 0 unspecified atom stereocenters. The molecule has 0 radical (unpaired) electrons. The third-order valence-corrected chi connectivity index (χ3v) is 1.62. The number of aromatic nitrogens is 2. The van der Waals surface area contributed by atoms with Gasteiger partial charge in [-0.2, -0.15) is 0 Å². The second-order valence-electron chi connectivity index (χ2n) is 2.48. The molecule has 3 nitrogen and oxygen atoms in total. The lowest BCUT2D eigenvalue weighted by atomic mass is 10.6. The van der Waals surface area contributed by atoms with Crippen LogP contribution in [0.1, 0.15) is 6.92 Å². The predicted molar refractivity (Wildman–Crippen MR) is 47.5 cm³/mol. The molecule has 0 amide bonds. The summed E-state index contributed by atoms with van der Waals surface area (Å²) in [6, 6.07) is 0. The van der Waals surface area contributed by atoms with Crippen LogP contribution in [0.25, 0.3) is 6.20 Å². The Morgan fingerprint density at radius 2 is 2.50 bits per heavy atom. The van der Waals surface area contributed by atoms with Gasteiger partial charge >= 0.3 is 0 Å². The third-order valence-electron chi connectivity index (χ3n) is 1.62. The number of imidazole rings is 1. The molecule has 1 aromatic rings. The number of ether oxygens (including phenoxy) is 1. The van der Waals surface area contributed by atoms with Crippen molar-refractivity contribution >= 4 is 6.20 Å². The lowest BCUT2D eigenvalue weighted by Gasteiger charge is -1.96. The maximum Gasteiger partial charge on any atom is 0.248 e. The Labute approximate surface area is 72.9 Å². The number of rotatable bonds is 5. The van der Waals surface area contributed by atoms with Gasteiger partial charge in [-0.25, -0.2) is 9.13 Å². The summed E-state index contributed by atoms with van der Waals surface area (Å²) in [5.41, 5.74) is 0. The molecule has 1 heterocycles. The van der Waals surface area contributed by atoms with E-state index < -0.39 is 0 Å². The SMILES string of the molecule is C=C[n+]1ccn(CCOCC)c1. The fourth-order valence-corrected chi connectivity index (χ4v) is 0.965. The van der Waals surface area contributed by atoms with Crippen LogP contribution in [0.3, 0.4) is 0 Å². The largest absolute Gasteiger partial charge is 0.378 e. The van der Waals surface area contributed by atoms with Crippen LogP contribution in [-0.4, -0.2) is 17.8 Å². The molecular weight excluding hydrogens is 152 g/mol. The van der Waals surface area contributed by atoms with Crippen molar-refractivity contribution in [3.63, 3.8) is 0 Å². The molecule has 0 spiro atoms. The van der Waals surface area contributed by atoms with Gasteiger partial charge in [0.1, 0.15) is 18.9 Å². The second kappa shape index (κ2) is 4.72. The van der Waals surface area contributed by atoms with Crippen molar-refractivity contribution in [3.8, 4) is 0 Å². The van der Waals surface area contributed by atoms with E-state index in [4.69, 9.17) is 4.74 Å². The molecule has 1 rings (SSSR count). The van der Waals surface area contributed by atoms with Crippen molar-refractivity contribution in [1.82, 2.24) is 4.57 Å². The van der Waals surface area contributed by atoms with Crippen LogP contribution >= 0.6 is 0 Å². The van der Waals surface area contributed by atoms with Gasteiger partial charge in [-0.05, 0) is 6.92 Å². The van der Waals surface area contributed by atoms with Gasteiger partial charge in [-0.3, -0.25) is 0 Å². The molecule has 0 fully saturated rings. The van der Waals surface area contributed by atoms with E-state index in [-0.39, 0.29) is 0 Å². The first-order valence-corrected chi connectivity index (χ1v) is 4.13. The van der Waals surface area contributed by atoms with E-state index in [1.165, 1.54) is 0 Å². The van der Waals surface area contributed by atoms with Gasteiger partial charge in [0, 0.05) is 6.61 Å². The van der Waals surface area contributed by atoms with Gasteiger partial charge in [0.25, 0.3) is 0 Å². The first-order valence-electron chi connectivity index (χ1n) is 4.13. The summed E-state index contributed by atoms with van der Waals surface area (Å²) in [5, 5.41) is 0. The Morgan fingerprint density at radius 3 is 3.08 bits per heavy atom. The van der Waals surface area contributed by atoms with E-state index >= 15 is 0 Å². The highest BCUT2D eigenvalue weighted by Crippen LogP contribution is 1.85. The van der Waals surface area contributed by atoms with Crippen molar-refractivity contribution in [2.75, 3.05) is 13.2 Å². The van der Waals surface area contributed by atoms with Crippen molar-refractivity contribution in [3.05, 3.63) is 25.3 Å². The van der Waals surface area contributed by atoms with Crippen LogP contribution in [0, 0.1) is 0 Å². The highest BCUT2D eigenvalue weighted by Gasteiger charge is 1.98. The van der Waals surface area contributed by atoms with Crippen LogP contribution < -0.4 is 4.57 Å². The zero-order valence-corrected chi connectivity index (χ0v) is 7.44. The monoisotopic (exact) mass is 167 g/mol. The highest BCUT2D eigenvalue weighted by molar-refractivity contribution is 4.94. The zero-order chi connectivity index (χ0) is 8.81. The minimum absolute atomic E-state index is 0.766. The Morgan fingerprint density at radius 1 is 1.67 bits per heavy atom. The molecular formula is C9H15N2O+. The minimum Gasteiger partial charge on any atom is -0.378 e. The molecule has 0 saturated heterocycles. The lowest BCUT2D eigenvalue weighted by molar-refractivity contribution is -0.567. The van der Waals surface area contributed by atoms with Crippen molar-refractivity contribution < 1.29 is 9.30 Å². The third kappa shape index (κ3) is 2.51. The lowest BCUT2D eigenvalue weighted by Crippen LogP contribution is -2.21. The van der Waals surface area contributed by atoms with Crippen LogP contribution in [0.2, 0.25) is 0 Å². The molecule has 0 aromatic carbocycles. The first-order chi connectivity index (χ1) is 5.86. The van der Waals surface area contributed by atoms with E-state index in [1.807, 2.05) is 30.2 Å². The fraction of sp³-hybridized carbons (Fsp3) is 0.444. The van der Waals surface area contributed by atoms with Crippen LogP contribution in [0.4, 0.5) is 0 Å². The first kappa shape index (κ1) is 9.00. The van der Waals surface area contributed by atoms with Gasteiger partial charge in [0.2, 0.25) is 6.33 Å². The summed E-state index contributed by atoms with van der Waals surface area (Å²) in [6.07, 6.45) is 7.70. The fourth-order valence-electron chi connectivity index (χ4n) is 0.965. The summed E-state index contributed by atoms with van der Waals surface area (Å²) in [6.45, 7) is 8.10. The van der Waals surface area contributed by atoms with E-state index in [2.05, 4.69) is 11.1 Å². The van der Waals surface area contributed by atoms with Crippen LogP contribution in [0.15, 0.2) is 25.3 Å².